The molecule has 0 amide bonds. The molecule has 0 aliphatic rings. The van der Waals surface area contributed by atoms with Crippen LogP contribution in [0, 0.1) is 0 Å². The van der Waals surface area contributed by atoms with Crippen LogP contribution in [-0.4, -0.2) is 43.4 Å². The number of aliphatic hydroxyl groups is 1. The van der Waals surface area contributed by atoms with Crippen LogP contribution in [0.4, 0.5) is 0 Å². The average molecular weight is 533 g/mol. The van der Waals surface area contributed by atoms with Crippen LogP contribution >= 0.6 is 0 Å². The molecule has 0 aromatic heterocycles. The van der Waals surface area contributed by atoms with Gasteiger partial charge in [0.15, 0.2) is 6.10 Å². The molecule has 0 saturated heterocycles. The number of aliphatic carboxylic acids is 1. The molecule has 1 unspecified atom stereocenters. The van der Waals surface area contributed by atoms with Gasteiger partial charge in [-0.2, -0.15) is 0 Å². The van der Waals surface area contributed by atoms with Crippen LogP contribution < -0.4 is 0 Å². The maximum atomic E-state index is 10.4. The van der Waals surface area contributed by atoms with Gasteiger partial charge in [0.25, 0.3) is 0 Å². The van der Waals surface area contributed by atoms with Gasteiger partial charge in [-0.3, -0.25) is 0 Å². The summed E-state index contributed by atoms with van der Waals surface area (Å²) in [6.45, 7) is 6.84. The van der Waals surface area contributed by atoms with E-state index in [1.54, 1.807) is 8.87 Å². The molecule has 30 heavy (non-hydrogen) atoms. The van der Waals surface area contributed by atoms with Crippen LogP contribution in [0.3, 0.4) is 0 Å². The second-order valence-corrected chi connectivity index (χ2v) is 13.0. The summed E-state index contributed by atoms with van der Waals surface area (Å²) in [5, 5.41) is 17.7. The maximum absolute atomic E-state index is 10.4. The average Bonchev–Trinajstić information content (AvgIpc) is 2.74. The molecule has 180 valence electrons. The van der Waals surface area contributed by atoms with Gasteiger partial charge < -0.3 is 10.2 Å². The first-order valence-electron chi connectivity index (χ1n) is 13.2. The number of rotatable bonds is 22. The normalized spacial score (nSPS) is 11.7. The first-order chi connectivity index (χ1) is 14.6. The Balaban J connectivity index is 0. The molecule has 0 heterocycles. The third-order valence-corrected chi connectivity index (χ3v) is 9.57. The molecule has 0 rings (SSSR count). The predicted molar refractivity (Wildman–Crippen MR) is 134 cm³/mol. The molecule has 3 nitrogen and oxygen atoms in total. The topological polar surface area (TPSA) is 57.5 Å². The van der Waals surface area contributed by atoms with E-state index in [0.29, 0.717) is 6.42 Å². The molecule has 0 fully saturated rings. The van der Waals surface area contributed by atoms with Crippen molar-refractivity contribution < 1.29 is 15.0 Å². The second kappa shape index (κ2) is 29.2. The van der Waals surface area contributed by atoms with E-state index in [2.05, 4.69) is 20.8 Å². The summed E-state index contributed by atoms with van der Waals surface area (Å²) >= 11 is 0.149. The Hall–Kier alpha value is 0.229. The quantitative estimate of drug-likeness (QED) is 0.109. The van der Waals surface area contributed by atoms with Gasteiger partial charge >= 0.3 is 75.5 Å². The van der Waals surface area contributed by atoms with E-state index in [1.807, 2.05) is 0 Å². The van der Waals surface area contributed by atoms with E-state index in [1.165, 1.54) is 103 Å². The molecule has 1 atom stereocenters. The number of hydrogen-bond acceptors (Lipinski definition) is 2. The number of hydrogen-bond donors (Lipinski definition) is 2. The molecule has 0 spiro atoms. The Bertz CT molecular complexity index is 317. The fourth-order valence-corrected chi connectivity index (χ4v) is 7.54. The van der Waals surface area contributed by atoms with E-state index >= 15 is 0 Å². The Morgan fingerprint density at radius 2 is 0.933 bits per heavy atom. The number of carboxylic acid groups (broad SMARTS) is 1. The number of carbonyl (C=O) groups is 1. The summed E-state index contributed by atoms with van der Waals surface area (Å²) in [7, 11) is 0. The van der Waals surface area contributed by atoms with Crippen LogP contribution in [0.1, 0.15) is 143 Å². The van der Waals surface area contributed by atoms with Gasteiger partial charge in [-0.15, -0.1) is 0 Å². The summed E-state index contributed by atoms with van der Waals surface area (Å²) in [5.41, 5.74) is 0. The van der Waals surface area contributed by atoms with E-state index in [9.17, 15) is 4.79 Å². The zero-order valence-electron chi connectivity index (χ0n) is 20.7. The van der Waals surface area contributed by atoms with Gasteiger partial charge in [0.05, 0.1) is 0 Å². The standard InChI is InChI=1S/C18H36O3.2C4H9.Sn/c1-2-3-4-5-6-7-8-9-10-11-12-13-14-15-16-17(19)18(20)21;2*1-3-4-2;/h17,19H,2-16H2,1H3,(H,20,21);2*1,3-4H2,2H3;. The van der Waals surface area contributed by atoms with E-state index < -0.39 is 12.1 Å². The van der Waals surface area contributed by atoms with Crippen LogP contribution in [-0.2, 0) is 4.79 Å². The fourth-order valence-electron chi connectivity index (χ4n) is 3.38. The Labute approximate surface area is 199 Å². The Morgan fingerprint density at radius 3 is 1.27 bits per heavy atom. The van der Waals surface area contributed by atoms with Crippen molar-refractivity contribution >= 4 is 27.1 Å². The summed E-state index contributed by atoms with van der Waals surface area (Å²) in [5.74, 6) is -1.09. The molecule has 2 radical (unpaired) electrons. The monoisotopic (exact) mass is 534 g/mol. The van der Waals surface area contributed by atoms with Gasteiger partial charge in [-0.05, 0) is 6.42 Å². The molecule has 0 aliphatic carbocycles. The molecule has 0 aromatic rings. The molecule has 0 bridgehead atoms. The zero-order chi connectivity index (χ0) is 22.7. The second-order valence-electron chi connectivity index (χ2n) is 8.70. The number of unbranched alkanes of at least 4 members (excludes halogenated alkanes) is 15. The van der Waals surface area contributed by atoms with Crippen molar-refractivity contribution in [3.63, 3.8) is 0 Å². The van der Waals surface area contributed by atoms with Crippen LogP contribution in [0.2, 0.25) is 8.87 Å². The van der Waals surface area contributed by atoms with Gasteiger partial charge in [-0.25, -0.2) is 4.79 Å². The van der Waals surface area contributed by atoms with Crippen LogP contribution in [0.15, 0.2) is 0 Å². The molecule has 0 saturated carbocycles. The SMILES string of the molecule is CCCCCCCCCCCCCCCCC(O)C(=O)O.CCC[CH2][Sn][CH2]CCC. The molecule has 0 aromatic carbocycles. The van der Waals surface area contributed by atoms with Crippen molar-refractivity contribution in [1.82, 2.24) is 0 Å². The van der Waals surface area contributed by atoms with Crippen molar-refractivity contribution in [3.05, 3.63) is 0 Å². The van der Waals surface area contributed by atoms with Gasteiger partial charge in [0.2, 0.25) is 0 Å². The van der Waals surface area contributed by atoms with Crippen LogP contribution in [0.5, 0.6) is 0 Å². The fraction of sp³-hybridized carbons (Fsp3) is 0.962. The molecule has 4 heteroatoms. The van der Waals surface area contributed by atoms with Crippen molar-refractivity contribution in [2.24, 2.45) is 0 Å². The van der Waals surface area contributed by atoms with Gasteiger partial charge in [0, 0.05) is 0 Å². The van der Waals surface area contributed by atoms with E-state index in [4.69, 9.17) is 10.2 Å². The molecule has 2 N–H and O–H groups in total. The van der Waals surface area contributed by atoms with Crippen LogP contribution in [0.25, 0.3) is 0 Å². The Morgan fingerprint density at radius 1 is 0.600 bits per heavy atom. The first kappa shape index (κ1) is 32.4. The number of carboxylic acids is 1. The molecule has 0 aliphatic heterocycles. The predicted octanol–water partition coefficient (Wildman–Crippen LogP) is 8.43. The van der Waals surface area contributed by atoms with Crippen molar-refractivity contribution in [1.29, 1.82) is 0 Å². The minimum atomic E-state index is -1.16. The third kappa shape index (κ3) is 30.4. The van der Waals surface area contributed by atoms with Gasteiger partial charge in [-0.1, -0.05) is 96.8 Å². The summed E-state index contributed by atoms with van der Waals surface area (Å²) in [6, 6.07) is 0. The van der Waals surface area contributed by atoms with Gasteiger partial charge in [0.1, 0.15) is 0 Å². The third-order valence-electron chi connectivity index (χ3n) is 5.53. The van der Waals surface area contributed by atoms with E-state index in [-0.39, 0.29) is 21.1 Å². The first-order valence-corrected chi connectivity index (χ1v) is 17.2. The van der Waals surface area contributed by atoms with Crippen molar-refractivity contribution in [2.45, 2.75) is 158 Å². The number of aliphatic hydroxyl groups excluding tert-OH is 1. The zero-order valence-corrected chi connectivity index (χ0v) is 23.6. The van der Waals surface area contributed by atoms with E-state index in [0.717, 1.165) is 12.8 Å². The summed E-state index contributed by atoms with van der Waals surface area (Å²) in [4.78, 5) is 10.4. The Kier molecular flexibility index (Phi) is 31.6. The summed E-state index contributed by atoms with van der Waals surface area (Å²) in [6.07, 6.45) is 23.1. The van der Waals surface area contributed by atoms with Crippen molar-refractivity contribution in [3.8, 4) is 0 Å². The van der Waals surface area contributed by atoms with Crippen molar-refractivity contribution in [2.75, 3.05) is 0 Å². The molecular formula is C26H54O3Sn. The molecular weight excluding hydrogens is 479 g/mol. The summed E-state index contributed by atoms with van der Waals surface area (Å²) < 4.78 is 3.25. The minimum absolute atomic E-state index is 0.149.